The van der Waals surface area contributed by atoms with E-state index in [1.165, 1.54) is 25.6 Å². The lowest BCUT2D eigenvalue weighted by Crippen LogP contribution is -2.35. The van der Waals surface area contributed by atoms with E-state index in [0.29, 0.717) is 17.8 Å². The lowest BCUT2D eigenvalue weighted by atomic mass is 9.78. The summed E-state index contributed by atoms with van der Waals surface area (Å²) in [5, 5.41) is 3.47. The number of nitrogens with zero attached hydrogens (tertiary/aromatic N) is 2. The number of rotatable bonds is 2. The molecule has 1 heterocycles. The van der Waals surface area contributed by atoms with Gasteiger partial charge in [0, 0.05) is 12.1 Å². The summed E-state index contributed by atoms with van der Waals surface area (Å²) < 4.78 is 0. The minimum atomic E-state index is 0.512. The fourth-order valence-corrected chi connectivity index (χ4v) is 2.43. The monoisotopic (exact) mass is 220 g/mol. The van der Waals surface area contributed by atoms with E-state index < -0.39 is 0 Å². The second kappa shape index (κ2) is 4.68. The van der Waals surface area contributed by atoms with Gasteiger partial charge in [0.05, 0.1) is 0 Å². The highest BCUT2D eigenvalue weighted by Gasteiger charge is 2.26. The Hall–Kier alpha value is -1.32. The van der Waals surface area contributed by atoms with Crippen molar-refractivity contribution in [2.45, 2.75) is 39.2 Å². The maximum absolute atomic E-state index is 5.63. The molecule has 0 bridgehead atoms. The molecule has 1 aromatic rings. The van der Waals surface area contributed by atoms with Crippen molar-refractivity contribution < 1.29 is 0 Å². The third-order valence-electron chi connectivity index (χ3n) is 3.73. The Labute approximate surface area is 96.7 Å². The maximum Gasteiger partial charge on any atom is 0.131 e. The van der Waals surface area contributed by atoms with Crippen molar-refractivity contribution in [3.8, 4) is 0 Å². The minimum Gasteiger partial charge on any atom is -0.384 e. The van der Waals surface area contributed by atoms with Crippen molar-refractivity contribution in [1.29, 1.82) is 0 Å². The minimum absolute atomic E-state index is 0.512. The van der Waals surface area contributed by atoms with E-state index in [1.807, 2.05) is 0 Å². The highest BCUT2D eigenvalue weighted by molar-refractivity contribution is 5.44. The van der Waals surface area contributed by atoms with Gasteiger partial charge in [-0.15, -0.1) is 0 Å². The Bertz CT molecular complexity index is 353. The van der Waals surface area contributed by atoms with Gasteiger partial charge in [-0.1, -0.05) is 26.7 Å². The summed E-state index contributed by atoms with van der Waals surface area (Å²) in [4.78, 5) is 8.08. The van der Waals surface area contributed by atoms with E-state index in [1.54, 1.807) is 6.07 Å². The molecule has 1 fully saturated rings. The van der Waals surface area contributed by atoms with Crippen molar-refractivity contribution in [1.82, 2.24) is 9.97 Å². The van der Waals surface area contributed by atoms with Gasteiger partial charge in [-0.05, 0) is 18.3 Å². The summed E-state index contributed by atoms with van der Waals surface area (Å²) in [5.74, 6) is 2.84. The molecule has 16 heavy (non-hydrogen) atoms. The van der Waals surface area contributed by atoms with Crippen LogP contribution in [0.15, 0.2) is 12.4 Å². The molecule has 3 unspecified atom stereocenters. The van der Waals surface area contributed by atoms with Crippen LogP contribution in [0.2, 0.25) is 0 Å². The topological polar surface area (TPSA) is 63.8 Å². The molecule has 0 radical (unpaired) electrons. The Balaban J connectivity index is 2.03. The fourth-order valence-electron chi connectivity index (χ4n) is 2.43. The first kappa shape index (κ1) is 11.2. The highest BCUT2D eigenvalue weighted by Crippen LogP contribution is 2.31. The normalized spacial score (nSPS) is 30.0. The second-order valence-electron chi connectivity index (χ2n) is 4.85. The summed E-state index contributed by atoms with van der Waals surface area (Å²) in [5.41, 5.74) is 5.63. The Kier molecular flexibility index (Phi) is 3.27. The molecule has 0 aromatic carbocycles. The molecule has 2 rings (SSSR count). The molecular formula is C12H20N4. The van der Waals surface area contributed by atoms with Crippen LogP contribution in [0.5, 0.6) is 0 Å². The van der Waals surface area contributed by atoms with Gasteiger partial charge in [-0.3, -0.25) is 0 Å². The second-order valence-corrected chi connectivity index (χ2v) is 4.85. The molecule has 3 N–H and O–H groups in total. The van der Waals surface area contributed by atoms with Crippen LogP contribution in [-0.2, 0) is 0 Å². The highest BCUT2D eigenvalue weighted by atomic mass is 15.1. The summed E-state index contributed by atoms with van der Waals surface area (Å²) in [6.45, 7) is 4.64. The van der Waals surface area contributed by atoms with E-state index in [-0.39, 0.29) is 0 Å². The molecule has 0 spiro atoms. The fraction of sp³-hybridized carbons (Fsp3) is 0.667. The van der Waals surface area contributed by atoms with Gasteiger partial charge in [0.1, 0.15) is 18.0 Å². The molecule has 1 aliphatic rings. The molecule has 0 amide bonds. The first-order valence-electron chi connectivity index (χ1n) is 6.01. The smallest absolute Gasteiger partial charge is 0.131 e. The number of hydrogen-bond acceptors (Lipinski definition) is 4. The van der Waals surface area contributed by atoms with E-state index >= 15 is 0 Å². The van der Waals surface area contributed by atoms with E-state index in [2.05, 4.69) is 29.1 Å². The van der Waals surface area contributed by atoms with Crippen LogP contribution in [0.4, 0.5) is 11.6 Å². The van der Waals surface area contributed by atoms with E-state index in [9.17, 15) is 0 Å². The first-order valence-corrected chi connectivity index (χ1v) is 6.01. The molecule has 4 heteroatoms. The van der Waals surface area contributed by atoms with Crippen LogP contribution >= 0.6 is 0 Å². The number of nitrogens with one attached hydrogen (secondary N) is 1. The lowest BCUT2D eigenvalue weighted by Gasteiger charge is -2.34. The zero-order valence-corrected chi connectivity index (χ0v) is 9.98. The number of anilines is 2. The molecule has 1 saturated carbocycles. The van der Waals surface area contributed by atoms with Gasteiger partial charge >= 0.3 is 0 Å². The molecule has 1 aromatic heterocycles. The molecule has 4 nitrogen and oxygen atoms in total. The Morgan fingerprint density at radius 3 is 2.88 bits per heavy atom. The molecular weight excluding hydrogens is 200 g/mol. The van der Waals surface area contributed by atoms with Crippen molar-refractivity contribution in [3.63, 3.8) is 0 Å². The van der Waals surface area contributed by atoms with Crippen molar-refractivity contribution >= 4 is 11.6 Å². The van der Waals surface area contributed by atoms with E-state index in [0.717, 1.165) is 11.7 Å². The quantitative estimate of drug-likeness (QED) is 0.802. The van der Waals surface area contributed by atoms with Crippen molar-refractivity contribution in [3.05, 3.63) is 12.4 Å². The van der Waals surface area contributed by atoms with Crippen LogP contribution in [0.3, 0.4) is 0 Å². The Morgan fingerprint density at radius 1 is 1.31 bits per heavy atom. The van der Waals surface area contributed by atoms with Gasteiger partial charge in [-0.25, -0.2) is 9.97 Å². The Morgan fingerprint density at radius 2 is 2.12 bits per heavy atom. The maximum atomic E-state index is 5.63. The van der Waals surface area contributed by atoms with Crippen LogP contribution in [0.25, 0.3) is 0 Å². The van der Waals surface area contributed by atoms with Crippen LogP contribution in [-0.4, -0.2) is 16.0 Å². The molecule has 3 atom stereocenters. The number of nitrogens with two attached hydrogens (primary N) is 1. The summed E-state index contributed by atoms with van der Waals surface area (Å²) in [7, 11) is 0. The number of nitrogen functional groups attached to an aromatic ring is 1. The van der Waals surface area contributed by atoms with Crippen LogP contribution in [0.1, 0.15) is 33.1 Å². The van der Waals surface area contributed by atoms with Crippen LogP contribution in [0, 0.1) is 11.8 Å². The third-order valence-corrected chi connectivity index (χ3v) is 3.73. The predicted molar refractivity (Wildman–Crippen MR) is 66.0 cm³/mol. The third kappa shape index (κ3) is 2.43. The summed E-state index contributed by atoms with van der Waals surface area (Å²) in [6.07, 6.45) is 5.36. The average molecular weight is 220 g/mol. The predicted octanol–water partition coefficient (Wildman–Crippen LogP) is 2.30. The van der Waals surface area contributed by atoms with Gasteiger partial charge < -0.3 is 11.1 Å². The van der Waals surface area contributed by atoms with Crippen molar-refractivity contribution in [2.24, 2.45) is 11.8 Å². The molecule has 0 saturated heterocycles. The first-order chi connectivity index (χ1) is 7.66. The van der Waals surface area contributed by atoms with Gasteiger partial charge in [-0.2, -0.15) is 0 Å². The summed E-state index contributed by atoms with van der Waals surface area (Å²) in [6, 6.07) is 2.31. The molecule has 1 aliphatic carbocycles. The summed E-state index contributed by atoms with van der Waals surface area (Å²) >= 11 is 0. The number of hydrogen-bond donors (Lipinski definition) is 2. The van der Waals surface area contributed by atoms with Gasteiger partial charge in [0.2, 0.25) is 0 Å². The number of aromatic nitrogens is 2. The SMILES string of the molecule is CC1CCCC(Nc2cc(N)ncn2)C1C. The lowest BCUT2D eigenvalue weighted by molar-refractivity contribution is 0.253. The van der Waals surface area contributed by atoms with Crippen LogP contribution < -0.4 is 11.1 Å². The zero-order valence-electron chi connectivity index (χ0n) is 9.98. The van der Waals surface area contributed by atoms with Gasteiger partial charge in [0.25, 0.3) is 0 Å². The zero-order chi connectivity index (χ0) is 11.5. The largest absolute Gasteiger partial charge is 0.384 e. The van der Waals surface area contributed by atoms with Gasteiger partial charge in [0.15, 0.2) is 0 Å². The average Bonchev–Trinajstić information content (AvgIpc) is 2.25. The van der Waals surface area contributed by atoms with E-state index in [4.69, 9.17) is 5.73 Å². The standard InChI is InChI=1S/C12H20N4/c1-8-4-3-5-10(9(8)2)16-12-6-11(13)14-7-15-12/h6-10H,3-5H2,1-2H3,(H3,13,14,15,16). The van der Waals surface area contributed by atoms with Crippen molar-refractivity contribution in [2.75, 3.05) is 11.1 Å². The molecule has 0 aliphatic heterocycles. The molecule has 88 valence electrons.